The van der Waals surface area contributed by atoms with Crippen LogP contribution < -0.4 is 5.32 Å². The van der Waals surface area contributed by atoms with E-state index in [1.807, 2.05) is 11.8 Å². The summed E-state index contributed by atoms with van der Waals surface area (Å²) in [6.45, 7) is 3.06. The summed E-state index contributed by atoms with van der Waals surface area (Å²) < 4.78 is 4.49. The van der Waals surface area contributed by atoms with Crippen LogP contribution in [0.3, 0.4) is 0 Å². The maximum atomic E-state index is 3.75. The first-order chi connectivity index (χ1) is 13.7. The number of rotatable bonds is 7. The number of para-hydroxylation sites is 1. The Morgan fingerprint density at radius 1 is 0.857 bits per heavy atom. The molecular weight excluding hydrogens is 362 g/mol. The summed E-state index contributed by atoms with van der Waals surface area (Å²) >= 11 is 1.93. The van der Waals surface area contributed by atoms with Gasteiger partial charge in [-0.15, -0.1) is 11.8 Å². The quantitative estimate of drug-likeness (QED) is 0.375. The molecule has 0 aliphatic heterocycles. The monoisotopic (exact) mass is 389 g/mol. The summed E-state index contributed by atoms with van der Waals surface area (Å²) in [5.41, 5.74) is 6.35. The van der Waals surface area contributed by atoms with Crippen molar-refractivity contribution in [2.75, 3.05) is 11.1 Å². The predicted molar refractivity (Wildman–Crippen MR) is 122 cm³/mol. The normalized spacial score (nSPS) is 11.2. The van der Waals surface area contributed by atoms with Crippen molar-refractivity contribution in [1.29, 1.82) is 0 Å². The summed E-state index contributed by atoms with van der Waals surface area (Å²) in [5.74, 6) is 1.12. The van der Waals surface area contributed by atoms with Crippen molar-refractivity contribution < 1.29 is 0 Å². The van der Waals surface area contributed by atoms with Crippen molar-refractivity contribution in [2.45, 2.75) is 24.9 Å². The first-order valence-electron chi connectivity index (χ1n) is 9.83. The number of hydrogen-bond acceptors (Lipinski definition) is 2. The number of aryl methyl sites for hydroxylation is 2. The van der Waals surface area contributed by atoms with E-state index in [-0.39, 0.29) is 0 Å². The number of aromatic nitrogens is 2. The largest absolute Gasteiger partial charge is 0.378 e. The molecule has 2 heterocycles. The summed E-state index contributed by atoms with van der Waals surface area (Å²) in [7, 11) is 4.28. The van der Waals surface area contributed by atoms with Gasteiger partial charge >= 0.3 is 0 Å². The molecule has 0 unspecified atom stereocenters. The summed E-state index contributed by atoms with van der Waals surface area (Å²) in [5, 5.41) is 6.35. The third-order valence-corrected chi connectivity index (χ3v) is 6.45. The van der Waals surface area contributed by atoms with E-state index in [9.17, 15) is 0 Å². The van der Waals surface area contributed by atoms with Crippen molar-refractivity contribution in [2.24, 2.45) is 14.1 Å². The SMILES string of the molecule is CCCSc1c(NCc2ccccc2)c(-c2cn(C)c3ccccc23)cn1C. The number of fused-ring (bicyclic) bond motifs is 1. The van der Waals surface area contributed by atoms with E-state index in [2.05, 4.69) is 102 Å². The van der Waals surface area contributed by atoms with Crippen LogP contribution >= 0.6 is 11.8 Å². The summed E-state index contributed by atoms with van der Waals surface area (Å²) in [4.78, 5) is 0. The molecule has 0 saturated heterocycles. The Morgan fingerprint density at radius 2 is 1.57 bits per heavy atom. The number of thioether (sulfide) groups is 1. The number of hydrogen-bond donors (Lipinski definition) is 1. The molecule has 2 aromatic carbocycles. The van der Waals surface area contributed by atoms with Crippen LogP contribution in [0, 0.1) is 0 Å². The van der Waals surface area contributed by atoms with Crippen LogP contribution in [-0.4, -0.2) is 14.9 Å². The Bertz CT molecular complexity index is 1080. The van der Waals surface area contributed by atoms with Gasteiger partial charge in [-0.05, 0) is 23.8 Å². The number of nitrogens with one attached hydrogen (secondary N) is 1. The van der Waals surface area contributed by atoms with Crippen molar-refractivity contribution >= 4 is 28.4 Å². The Morgan fingerprint density at radius 3 is 2.36 bits per heavy atom. The molecule has 4 heteroatoms. The third-order valence-electron chi connectivity index (χ3n) is 5.07. The highest BCUT2D eigenvalue weighted by atomic mass is 32.2. The highest BCUT2D eigenvalue weighted by molar-refractivity contribution is 7.99. The number of benzene rings is 2. The maximum absolute atomic E-state index is 3.75. The number of anilines is 1. The van der Waals surface area contributed by atoms with Gasteiger partial charge in [0.05, 0.1) is 10.7 Å². The molecule has 0 atom stereocenters. The molecule has 0 fully saturated rings. The van der Waals surface area contributed by atoms with Crippen molar-refractivity contribution in [3.8, 4) is 11.1 Å². The highest BCUT2D eigenvalue weighted by Gasteiger charge is 2.19. The Hall–Kier alpha value is -2.59. The lowest BCUT2D eigenvalue weighted by atomic mass is 10.1. The van der Waals surface area contributed by atoms with Crippen LogP contribution in [0.15, 0.2) is 72.0 Å². The van der Waals surface area contributed by atoms with E-state index in [4.69, 9.17) is 0 Å². The Kier molecular flexibility index (Phi) is 5.49. The minimum atomic E-state index is 0.822. The zero-order valence-corrected chi connectivity index (χ0v) is 17.6. The van der Waals surface area contributed by atoms with Gasteiger partial charge in [-0.1, -0.05) is 55.5 Å². The van der Waals surface area contributed by atoms with E-state index in [0.29, 0.717) is 0 Å². The average molecular weight is 390 g/mol. The molecule has 4 aromatic rings. The molecule has 1 N–H and O–H groups in total. The van der Waals surface area contributed by atoms with Gasteiger partial charge in [0.1, 0.15) is 0 Å². The zero-order valence-electron chi connectivity index (χ0n) is 16.8. The molecule has 0 spiro atoms. The standard InChI is InChI=1S/C24H27N3S/c1-4-14-28-24-23(25-15-18-10-6-5-7-11-18)21(17-27(24)3)20-16-26(2)22-13-9-8-12-19(20)22/h5-13,16-17,25H,4,14-15H2,1-3H3. The molecule has 0 radical (unpaired) electrons. The third kappa shape index (κ3) is 3.57. The van der Waals surface area contributed by atoms with Gasteiger partial charge in [0.15, 0.2) is 0 Å². The van der Waals surface area contributed by atoms with Crippen molar-refractivity contribution in [3.05, 3.63) is 72.6 Å². The first-order valence-corrected chi connectivity index (χ1v) is 10.8. The predicted octanol–water partition coefficient (Wildman–Crippen LogP) is 6.30. The molecule has 0 amide bonds. The maximum Gasteiger partial charge on any atom is 0.0988 e. The first kappa shape index (κ1) is 18.8. The minimum Gasteiger partial charge on any atom is -0.378 e. The second kappa shape index (κ2) is 8.19. The van der Waals surface area contributed by atoms with Gasteiger partial charge in [-0.25, -0.2) is 0 Å². The van der Waals surface area contributed by atoms with Gasteiger partial charge in [-0.3, -0.25) is 0 Å². The molecule has 0 saturated carbocycles. The molecular formula is C24H27N3S. The van der Waals surface area contributed by atoms with E-state index >= 15 is 0 Å². The fourth-order valence-corrected chi connectivity index (χ4v) is 4.68. The van der Waals surface area contributed by atoms with Crippen LogP contribution in [0.2, 0.25) is 0 Å². The molecule has 0 aliphatic rings. The summed E-state index contributed by atoms with van der Waals surface area (Å²) in [6, 6.07) is 19.2. The topological polar surface area (TPSA) is 21.9 Å². The molecule has 4 rings (SSSR count). The Balaban J connectivity index is 1.79. The van der Waals surface area contributed by atoms with Crippen LogP contribution in [0.5, 0.6) is 0 Å². The van der Waals surface area contributed by atoms with Gasteiger partial charge in [0.2, 0.25) is 0 Å². The van der Waals surface area contributed by atoms with Gasteiger partial charge < -0.3 is 14.5 Å². The smallest absolute Gasteiger partial charge is 0.0988 e. The minimum absolute atomic E-state index is 0.822. The second-order valence-electron chi connectivity index (χ2n) is 7.19. The van der Waals surface area contributed by atoms with Crippen LogP contribution in [0.25, 0.3) is 22.0 Å². The average Bonchev–Trinajstić information content (AvgIpc) is 3.22. The second-order valence-corrected chi connectivity index (χ2v) is 8.28. The molecule has 3 nitrogen and oxygen atoms in total. The van der Waals surface area contributed by atoms with Crippen molar-refractivity contribution in [3.63, 3.8) is 0 Å². The van der Waals surface area contributed by atoms with Crippen LogP contribution in [0.1, 0.15) is 18.9 Å². The lowest BCUT2D eigenvalue weighted by molar-refractivity contribution is 0.828. The highest BCUT2D eigenvalue weighted by Crippen LogP contribution is 2.41. The van der Waals surface area contributed by atoms with Gasteiger partial charge in [-0.2, -0.15) is 0 Å². The number of nitrogens with zero attached hydrogens (tertiary/aromatic N) is 2. The van der Waals surface area contributed by atoms with E-state index in [1.54, 1.807) is 0 Å². The summed E-state index contributed by atoms with van der Waals surface area (Å²) in [6.07, 6.45) is 5.69. The molecule has 28 heavy (non-hydrogen) atoms. The molecule has 0 aliphatic carbocycles. The lowest BCUT2D eigenvalue weighted by Gasteiger charge is -2.11. The molecule has 2 aromatic heterocycles. The lowest BCUT2D eigenvalue weighted by Crippen LogP contribution is -2.01. The van der Waals surface area contributed by atoms with Gasteiger partial charge in [0.25, 0.3) is 0 Å². The van der Waals surface area contributed by atoms with Crippen LogP contribution in [0.4, 0.5) is 5.69 Å². The van der Waals surface area contributed by atoms with E-state index in [0.717, 1.165) is 18.7 Å². The molecule has 0 bridgehead atoms. The van der Waals surface area contributed by atoms with Crippen molar-refractivity contribution in [1.82, 2.24) is 9.13 Å². The zero-order chi connectivity index (χ0) is 19.5. The fraction of sp³-hybridized carbons (Fsp3) is 0.250. The Labute approximate surface area is 171 Å². The van der Waals surface area contributed by atoms with Crippen LogP contribution in [-0.2, 0) is 20.6 Å². The van der Waals surface area contributed by atoms with E-state index < -0.39 is 0 Å². The molecule has 144 valence electrons. The fourth-order valence-electron chi connectivity index (χ4n) is 3.70. The van der Waals surface area contributed by atoms with E-state index in [1.165, 1.54) is 38.3 Å². The van der Waals surface area contributed by atoms with Gasteiger partial charge in [0, 0.05) is 55.1 Å².